The summed E-state index contributed by atoms with van der Waals surface area (Å²) >= 11 is 1.78. The number of anilines is 1. The maximum absolute atomic E-state index is 12.4. The van der Waals surface area contributed by atoms with E-state index in [1.165, 1.54) is 0 Å². The fraction of sp³-hybridized carbons (Fsp3) is 0.400. The van der Waals surface area contributed by atoms with Gasteiger partial charge in [-0.3, -0.25) is 14.8 Å². The minimum Gasteiger partial charge on any atom is -0.495 e. The van der Waals surface area contributed by atoms with Crippen molar-refractivity contribution in [3.8, 4) is 5.75 Å². The van der Waals surface area contributed by atoms with Crippen molar-refractivity contribution < 1.29 is 4.74 Å². The molecule has 9 heteroatoms. The van der Waals surface area contributed by atoms with Gasteiger partial charge in [0.25, 0.3) is 5.56 Å². The molecular formula is C20H26N6O2S. The molecule has 3 N–H and O–H groups in total. The summed E-state index contributed by atoms with van der Waals surface area (Å²) in [4.78, 5) is 31.4. The molecule has 0 spiro atoms. The number of aromatic nitrogens is 5. The number of aryl methyl sites for hydroxylation is 1. The van der Waals surface area contributed by atoms with E-state index in [-0.39, 0.29) is 11.5 Å². The van der Waals surface area contributed by atoms with Crippen LogP contribution in [0.25, 0.3) is 0 Å². The molecule has 0 aliphatic heterocycles. The van der Waals surface area contributed by atoms with Gasteiger partial charge in [0, 0.05) is 47.6 Å². The molecule has 0 radical (unpaired) electrons. The lowest BCUT2D eigenvalue weighted by molar-refractivity contribution is 0.402. The Morgan fingerprint density at radius 3 is 2.90 bits per heavy atom. The highest BCUT2D eigenvalue weighted by atomic mass is 32.2. The van der Waals surface area contributed by atoms with Crippen LogP contribution < -0.4 is 15.6 Å². The van der Waals surface area contributed by atoms with Gasteiger partial charge in [0.2, 0.25) is 5.95 Å². The number of nitrogens with one attached hydrogen (secondary N) is 3. The molecule has 0 amide bonds. The first-order valence-electron chi connectivity index (χ1n) is 9.46. The smallest absolute Gasteiger partial charge is 0.255 e. The Hall–Kier alpha value is -2.81. The van der Waals surface area contributed by atoms with Crippen LogP contribution in [0.1, 0.15) is 35.5 Å². The molecule has 0 aliphatic rings. The van der Waals surface area contributed by atoms with Gasteiger partial charge in [-0.2, -0.15) is 11.8 Å². The Kier molecular flexibility index (Phi) is 7.29. The van der Waals surface area contributed by atoms with Crippen molar-refractivity contribution in [1.82, 2.24) is 24.9 Å². The molecule has 3 rings (SSSR count). The predicted octanol–water partition coefficient (Wildman–Crippen LogP) is 2.90. The summed E-state index contributed by atoms with van der Waals surface area (Å²) in [6, 6.07) is 3.71. The zero-order valence-electron chi connectivity index (χ0n) is 16.9. The van der Waals surface area contributed by atoms with Crippen molar-refractivity contribution in [1.29, 1.82) is 0 Å². The van der Waals surface area contributed by atoms with E-state index >= 15 is 0 Å². The van der Waals surface area contributed by atoms with Crippen molar-refractivity contribution in [2.75, 3.05) is 24.7 Å². The molecule has 1 unspecified atom stereocenters. The number of rotatable bonds is 10. The molecule has 0 aromatic carbocycles. The summed E-state index contributed by atoms with van der Waals surface area (Å²) in [5.41, 5.74) is 3.50. The third kappa shape index (κ3) is 5.60. The Balaban J connectivity index is 1.50. The highest BCUT2D eigenvalue weighted by Crippen LogP contribution is 2.25. The second-order valence-corrected chi connectivity index (χ2v) is 7.84. The van der Waals surface area contributed by atoms with Crippen LogP contribution in [0.4, 0.5) is 5.95 Å². The third-order valence-corrected chi connectivity index (χ3v) is 5.57. The summed E-state index contributed by atoms with van der Waals surface area (Å²) in [6.45, 7) is 4.74. The van der Waals surface area contributed by atoms with Crippen molar-refractivity contribution in [2.45, 2.75) is 31.9 Å². The molecule has 1 atom stereocenters. The van der Waals surface area contributed by atoms with Crippen LogP contribution in [0.5, 0.6) is 5.75 Å². The Morgan fingerprint density at radius 1 is 1.31 bits per heavy atom. The van der Waals surface area contributed by atoms with Crippen LogP contribution in [0.15, 0.2) is 35.6 Å². The summed E-state index contributed by atoms with van der Waals surface area (Å²) in [6.07, 6.45) is 5.61. The molecule has 0 bridgehead atoms. The number of aromatic amines is 2. The fourth-order valence-corrected chi connectivity index (χ4v) is 3.85. The van der Waals surface area contributed by atoms with Gasteiger partial charge in [-0.25, -0.2) is 9.97 Å². The molecule has 0 aliphatic carbocycles. The van der Waals surface area contributed by atoms with Gasteiger partial charge in [-0.15, -0.1) is 0 Å². The van der Waals surface area contributed by atoms with Crippen molar-refractivity contribution in [3.05, 3.63) is 63.9 Å². The lowest BCUT2D eigenvalue weighted by atomic mass is 9.98. The quantitative estimate of drug-likeness (QED) is 0.438. The highest BCUT2D eigenvalue weighted by Gasteiger charge is 2.15. The molecule has 0 saturated heterocycles. The van der Waals surface area contributed by atoms with Gasteiger partial charge in [0.1, 0.15) is 5.75 Å². The SMILES string of the molecule is COc1cccnc1C(C)Cc1cnc(NCCSCc2nc[nH]c2C)[nH]c1=O. The van der Waals surface area contributed by atoms with Gasteiger partial charge < -0.3 is 15.0 Å². The van der Waals surface area contributed by atoms with Crippen LogP contribution in [0, 0.1) is 6.92 Å². The average molecular weight is 415 g/mol. The Morgan fingerprint density at radius 2 is 2.17 bits per heavy atom. The Labute approximate surface area is 174 Å². The first-order valence-corrected chi connectivity index (χ1v) is 10.6. The normalized spacial score (nSPS) is 12.0. The summed E-state index contributed by atoms with van der Waals surface area (Å²) < 4.78 is 5.37. The monoisotopic (exact) mass is 414 g/mol. The molecule has 0 fully saturated rings. The fourth-order valence-electron chi connectivity index (χ4n) is 2.97. The van der Waals surface area contributed by atoms with E-state index in [0.717, 1.165) is 34.3 Å². The molecule has 3 aromatic rings. The lowest BCUT2D eigenvalue weighted by Crippen LogP contribution is -2.19. The van der Waals surface area contributed by atoms with Gasteiger partial charge in [0.05, 0.1) is 24.8 Å². The number of pyridine rings is 1. The van der Waals surface area contributed by atoms with Crippen molar-refractivity contribution >= 4 is 17.7 Å². The molecular weight excluding hydrogens is 388 g/mol. The van der Waals surface area contributed by atoms with E-state index in [0.29, 0.717) is 24.5 Å². The molecule has 3 heterocycles. The number of H-pyrrole nitrogens is 2. The topological polar surface area (TPSA) is 109 Å². The largest absolute Gasteiger partial charge is 0.495 e. The molecule has 8 nitrogen and oxygen atoms in total. The first-order chi connectivity index (χ1) is 14.1. The zero-order valence-corrected chi connectivity index (χ0v) is 17.7. The van der Waals surface area contributed by atoms with Gasteiger partial charge in [-0.05, 0) is 25.5 Å². The standard InChI is InChI=1S/C20H26N6O2S/c1-13(18-17(28-3)5-4-6-21-18)9-15-10-23-20(26-19(15)27)22-7-8-29-11-16-14(2)24-12-25-16/h4-6,10,12-13H,7-9,11H2,1-3H3,(H,24,25)(H2,22,23,26,27). The number of thioether (sulfide) groups is 1. The van der Waals surface area contributed by atoms with Gasteiger partial charge >= 0.3 is 0 Å². The number of nitrogens with zero attached hydrogens (tertiary/aromatic N) is 3. The summed E-state index contributed by atoms with van der Waals surface area (Å²) in [5, 5.41) is 3.16. The van der Waals surface area contributed by atoms with Crippen LogP contribution in [0.3, 0.4) is 0 Å². The number of imidazole rings is 1. The minimum atomic E-state index is -0.135. The van der Waals surface area contributed by atoms with Crippen molar-refractivity contribution in [3.63, 3.8) is 0 Å². The molecule has 154 valence electrons. The third-order valence-electron chi connectivity index (χ3n) is 4.60. The van der Waals surface area contributed by atoms with E-state index < -0.39 is 0 Å². The molecule has 0 saturated carbocycles. The summed E-state index contributed by atoms with van der Waals surface area (Å²) in [5.74, 6) is 2.99. The predicted molar refractivity (Wildman–Crippen MR) is 116 cm³/mol. The highest BCUT2D eigenvalue weighted by molar-refractivity contribution is 7.98. The van der Waals surface area contributed by atoms with Gasteiger partial charge in [-0.1, -0.05) is 6.92 Å². The first kappa shape index (κ1) is 20.9. The maximum atomic E-state index is 12.4. The van der Waals surface area contributed by atoms with E-state index in [1.54, 1.807) is 37.6 Å². The maximum Gasteiger partial charge on any atom is 0.255 e. The second kappa shape index (κ2) is 10.1. The number of hydrogen-bond acceptors (Lipinski definition) is 7. The Bertz CT molecular complexity index is 987. The minimum absolute atomic E-state index is 0.0368. The number of hydrogen-bond donors (Lipinski definition) is 3. The van der Waals surface area contributed by atoms with E-state index in [9.17, 15) is 4.79 Å². The second-order valence-electron chi connectivity index (χ2n) is 6.74. The number of methoxy groups -OCH3 is 1. The van der Waals surface area contributed by atoms with Crippen LogP contribution in [0.2, 0.25) is 0 Å². The number of ether oxygens (including phenoxy) is 1. The van der Waals surface area contributed by atoms with Crippen LogP contribution in [-0.4, -0.2) is 44.3 Å². The van der Waals surface area contributed by atoms with E-state index in [4.69, 9.17) is 4.74 Å². The summed E-state index contributed by atoms with van der Waals surface area (Å²) in [7, 11) is 1.62. The van der Waals surface area contributed by atoms with Crippen molar-refractivity contribution in [2.24, 2.45) is 0 Å². The lowest BCUT2D eigenvalue weighted by Gasteiger charge is -2.14. The van der Waals surface area contributed by atoms with Crippen LogP contribution in [-0.2, 0) is 12.2 Å². The molecule has 3 aromatic heterocycles. The van der Waals surface area contributed by atoms with Gasteiger partial charge in [0.15, 0.2) is 0 Å². The van der Waals surface area contributed by atoms with E-state index in [2.05, 4.69) is 30.2 Å². The molecule has 29 heavy (non-hydrogen) atoms. The average Bonchev–Trinajstić information content (AvgIpc) is 3.14. The van der Waals surface area contributed by atoms with Crippen LogP contribution >= 0.6 is 11.8 Å². The van der Waals surface area contributed by atoms with E-state index in [1.807, 2.05) is 26.0 Å². The zero-order chi connectivity index (χ0) is 20.6.